The molecular formula is C16H20N2O2S. The molecule has 1 atom stereocenters. The largest absolute Gasteiger partial charge is 0.397 e. The number of aliphatic hydroxyl groups is 1. The van der Waals surface area contributed by atoms with Crippen molar-refractivity contribution < 1.29 is 9.90 Å². The van der Waals surface area contributed by atoms with Crippen LogP contribution in [0.5, 0.6) is 0 Å². The summed E-state index contributed by atoms with van der Waals surface area (Å²) in [6.45, 7) is 3.56. The molecule has 1 saturated heterocycles. The van der Waals surface area contributed by atoms with Gasteiger partial charge in [-0.15, -0.1) is 11.3 Å². The molecule has 0 saturated carbocycles. The van der Waals surface area contributed by atoms with Gasteiger partial charge in [-0.3, -0.25) is 4.79 Å². The van der Waals surface area contributed by atoms with E-state index in [1.54, 1.807) is 0 Å². The first kappa shape index (κ1) is 14.4. The number of nitrogen functional groups attached to an aromatic ring is 1. The highest BCUT2D eigenvalue weighted by atomic mass is 32.1. The molecule has 0 spiro atoms. The van der Waals surface area contributed by atoms with Crippen LogP contribution in [0.1, 0.15) is 28.1 Å². The van der Waals surface area contributed by atoms with Crippen molar-refractivity contribution in [2.45, 2.75) is 19.8 Å². The second-order valence-electron chi connectivity index (χ2n) is 5.74. The third-order valence-corrected chi connectivity index (χ3v) is 5.55. The van der Waals surface area contributed by atoms with Gasteiger partial charge in [-0.2, -0.15) is 0 Å². The van der Waals surface area contributed by atoms with Crippen LogP contribution in [0, 0.1) is 12.8 Å². The molecule has 1 aromatic heterocycles. The van der Waals surface area contributed by atoms with Gasteiger partial charge < -0.3 is 15.7 Å². The number of carbonyl (C=O) groups excluding carboxylic acids is 1. The predicted octanol–water partition coefficient (Wildman–Crippen LogP) is 2.64. The molecule has 0 aliphatic carbocycles. The summed E-state index contributed by atoms with van der Waals surface area (Å²) in [6, 6.07) is 5.98. The molecule has 1 amide bonds. The molecule has 112 valence electrons. The summed E-state index contributed by atoms with van der Waals surface area (Å²) in [7, 11) is 0. The second-order valence-corrected chi connectivity index (χ2v) is 6.76. The number of aliphatic hydroxyl groups excluding tert-OH is 1. The molecule has 1 aliphatic heterocycles. The van der Waals surface area contributed by atoms with Crippen molar-refractivity contribution in [2.24, 2.45) is 5.92 Å². The maximum atomic E-state index is 12.7. The molecule has 21 heavy (non-hydrogen) atoms. The Morgan fingerprint density at radius 2 is 2.33 bits per heavy atom. The van der Waals surface area contributed by atoms with Gasteiger partial charge in [-0.1, -0.05) is 18.2 Å². The molecule has 1 aromatic carbocycles. The number of carbonyl (C=O) groups is 1. The van der Waals surface area contributed by atoms with Crippen molar-refractivity contribution in [2.75, 3.05) is 25.4 Å². The fraction of sp³-hybridized carbons (Fsp3) is 0.438. The van der Waals surface area contributed by atoms with E-state index >= 15 is 0 Å². The van der Waals surface area contributed by atoms with Gasteiger partial charge in [0.2, 0.25) is 0 Å². The van der Waals surface area contributed by atoms with Crippen LogP contribution in [0.4, 0.5) is 5.69 Å². The molecule has 2 heterocycles. The van der Waals surface area contributed by atoms with Gasteiger partial charge in [0.15, 0.2) is 0 Å². The van der Waals surface area contributed by atoms with Gasteiger partial charge in [-0.05, 0) is 31.2 Å². The molecular weight excluding hydrogens is 284 g/mol. The molecule has 0 bridgehead atoms. The summed E-state index contributed by atoms with van der Waals surface area (Å²) < 4.78 is 1.09. The fourth-order valence-electron chi connectivity index (χ4n) is 2.98. The minimum Gasteiger partial charge on any atom is -0.397 e. The van der Waals surface area contributed by atoms with Crippen molar-refractivity contribution in [1.29, 1.82) is 0 Å². The van der Waals surface area contributed by atoms with Gasteiger partial charge in [0.05, 0.1) is 5.69 Å². The smallest absolute Gasteiger partial charge is 0.266 e. The van der Waals surface area contributed by atoms with Crippen LogP contribution in [0.15, 0.2) is 18.2 Å². The Kier molecular flexibility index (Phi) is 3.87. The highest BCUT2D eigenvalue weighted by Gasteiger charge is 2.27. The number of rotatable bonds is 2. The van der Waals surface area contributed by atoms with Crippen molar-refractivity contribution in [3.8, 4) is 0 Å². The van der Waals surface area contributed by atoms with Crippen molar-refractivity contribution >= 4 is 33.0 Å². The maximum absolute atomic E-state index is 12.7. The first-order chi connectivity index (χ1) is 10.1. The standard InChI is InChI=1S/C16H20N2O2S/c1-10-4-2-6-12-13(17)15(21-14(10)12)16(20)18-7-3-5-11(8-18)9-19/h2,4,6,11,19H,3,5,7-9,17H2,1H3. The van der Waals surface area contributed by atoms with Crippen molar-refractivity contribution in [3.05, 3.63) is 28.6 Å². The van der Waals surface area contributed by atoms with Crippen LogP contribution in [-0.2, 0) is 0 Å². The van der Waals surface area contributed by atoms with Gasteiger partial charge in [0, 0.05) is 29.8 Å². The Morgan fingerprint density at radius 1 is 1.52 bits per heavy atom. The van der Waals surface area contributed by atoms with Crippen molar-refractivity contribution in [1.82, 2.24) is 4.90 Å². The zero-order valence-electron chi connectivity index (χ0n) is 12.1. The highest BCUT2D eigenvalue weighted by molar-refractivity contribution is 7.21. The van der Waals surface area contributed by atoms with Crippen LogP contribution >= 0.6 is 11.3 Å². The minimum absolute atomic E-state index is 0.00579. The lowest BCUT2D eigenvalue weighted by Crippen LogP contribution is -2.40. The number of amides is 1. The second kappa shape index (κ2) is 5.66. The normalized spacial score (nSPS) is 19.1. The van der Waals surface area contributed by atoms with E-state index in [1.165, 1.54) is 11.3 Å². The first-order valence-electron chi connectivity index (χ1n) is 7.29. The van der Waals surface area contributed by atoms with Crippen LogP contribution in [0.25, 0.3) is 10.1 Å². The summed E-state index contributed by atoms with van der Waals surface area (Å²) >= 11 is 1.48. The lowest BCUT2D eigenvalue weighted by molar-refractivity contribution is 0.0626. The Morgan fingerprint density at radius 3 is 3.05 bits per heavy atom. The Bertz CT molecular complexity index is 680. The zero-order valence-corrected chi connectivity index (χ0v) is 12.9. The Hall–Kier alpha value is -1.59. The maximum Gasteiger partial charge on any atom is 0.266 e. The lowest BCUT2D eigenvalue weighted by atomic mass is 9.99. The van der Waals surface area contributed by atoms with E-state index in [0.29, 0.717) is 17.1 Å². The molecule has 0 radical (unpaired) electrons. The summed E-state index contributed by atoms with van der Waals surface area (Å²) in [5.74, 6) is 0.200. The van der Waals surface area contributed by atoms with E-state index in [0.717, 1.165) is 35.0 Å². The third kappa shape index (κ3) is 2.51. The topological polar surface area (TPSA) is 66.6 Å². The Balaban J connectivity index is 1.94. The number of piperidine rings is 1. The SMILES string of the molecule is Cc1cccc2c(N)c(C(=O)N3CCCC(CO)C3)sc12. The number of aryl methyl sites for hydroxylation is 1. The van der Waals surface area contributed by atoms with Gasteiger partial charge in [-0.25, -0.2) is 0 Å². The third-order valence-electron chi connectivity index (χ3n) is 4.21. The molecule has 3 N–H and O–H groups in total. The predicted molar refractivity (Wildman–Crippen MR) is 86.7 cm³/mol. The van der Waals surface area contributed by atoms with E-state index in [9.17, 15) is 9.90 Å². The minimum atomic E-state index is 0.00579. The molecule has 1 fully saturated rings. The zero-order chi connectivity index (χ0) is 15.0. The van der Waals surface area contributed by atoms with E-state index in [1.807, 2.05) is 30.0 Å². The number of hydrogen-bond donors (Lipinski definition) is 2. The molecule has 1 unspecified atom stereocenters. The number of fused-ring (bicyclic) bond motifs is 1. The molecule has 3 rings (SSSR count). The number of benzene rings is 1. The van der Waals surface area contributed by atoms with Crippen LogP contribution in [0.3, 0.4) is 0 Å². The van der Waals surface area contributed by atoms with Gasteiger partial charge in [0.1, 0.15) is 4.88 Å². The summed E-state index contributed by atoms with van der Waals surface area (Å²) in [4.78, 5) is 15.2. The number of anilines is 1. The van der Waals surface area contributed by atoms with E-state index < -0.39 is 0 Å². The monoisotopic (exact) mass is 304 g/mol. The summed E-state index contributed by atoms with van der Waals surface area (Å²) in [5, 5.41) is 10.3. The van der Waals surface area contributed by atoms with Crippen LogP contribution in [0.2, 0.25) is 0 Å². The molecule has 5 heteroatoms. The quantitative estimate of drug-likeness (QED) is 0.896. The average molecular weight is 304 g/mol. The highest BCUT2D eigenvalue weighted by Crippen LogP contribution is 2.36. The molecule has 2 aromatic rings. The number of hydrogen-bond acceptors (Lipinski definition) is 4. The Labute approximate surface area is 128 Å². The molecule has 1 aliphatic rings. The number of thiophene rings is 1. The first-order valence-corrected chi connectivity index (χ1v) is 8.11. The van der Waals surface area contributed by atoms with E-state index in [2.05, 4.69) is 0 Å². The van der Waals surface area contributed by atoms with Gasteiger partial charge >= 0.3 is 0 Å². The fourth-order valence-corrected chi connectivity index (χ4v) is 4.14. The number of nitrogens with zero attached hydrogens (tertiary/aromatic N) is 1. The van der Waals surface area contributed by atoms with Gasteiger partial charge in [0.25, 0.3) is 5.91 Å². The van der Waals surface area contributed by atoms with Crippen molar-refractivity contribution in [3.63, 3.8) is 0 Å². The number of nitrogens with two attached hydrogens (primary N) is 1. The number of likely N-dealkylation sites (tertiary alicyclic amines) is 1. The van der Waals surface area contributed by atoms with Crippen LogP contribution in [-0.4, -0.2) is 35.6 Å². The molecule has 4 nitrogen and oxygen atoms in total. The van der Waals surface area contributed by atoms with E-state index in [-0.39, 0.29) is 18.4 Å². The lowest BCUT2D eigenvalue weighted by Gasteiger charge is -2.31. The van der Waals surface area contributed by atoms with Crippen LogP contribution < -0.4 is 5.73 Å². The summed E-state index contributed by atoms with van der Waals surface area (Å²) in [5.41, 5.74) is 7.94. The average Bonchev–Trinajstić information content (AvgIpc) is 2.85. The van der Waals surface area contributed by atoms with E-state index in [4.69, 9.17) is 5.73 Å². The summed E-state index contributed by atoms with van der Waals surface area (Å²) in [6.07, 6.45) is 1.93.